The van der Waals surface area contributed by atoms with Crippen LogP contribution in [0.5, 0.6) is 0 Å². The Morgan fingerprint density at radius 2 is 1.77 bits per heavy atom. The van der Waals surface area contributed by atoms with Gasteiger partial charge in [-0.2, -0.15) is 0 Å². The van der Waals surface area contributed by atoms with Gasteiger partial charge in [-0.3, -0.25) is 4.79 Å². The third kappa shape index (κ3) is 4.95. The van der Waals surface area contributed by atoms with Crippen LogP contribution in [0.2, 0.25) is 0 Å². The van der Waals surface area contributed by atoms with Gasteiger partial charge in [0.05, 0.1) is 16.7 Å². The summed E-state index contributed by atoms with van der Waals surface area (Å²) in [5.41, 5.74) is 1.92. The van der Waals surface area contributed by atoms with Crippen LogP contribution in [-0.2, 0) is 9.84 Å². The first kappa shape index (κ1) is 21.7. The van der Waals surface area contributed by atoms with E-state index in [1.807, 2.05) is 49.3 Å². The summed E-state index contributed by atoms with van der Waals surface area (Å²) in [6.45, 7) is 2.02. The van der Waals surface area contributed by atoms with E-state index in [-0.39, 0.29) is 28.3 Å². The SMILES string of the molecule is CCS(=O)(=O)c1ccc(-c2cc(C(=O)NCC(c3ccccc3)N(C)C)no2)cc1. The maximum Gasteiger partial charge on any atom is 0.273 e. The first-order valence-corrected chi connectivity index (χ1v) is 11.3. The van der Waals surface area contributed by atoms with E-state index in [9.17, 15) is 13.2 Å². The van der Waals surface area contributed by atoms with Gasteiger partial charge in [0, 0.05) is 18.2 Å². The van der Waals surface area contributed by atoms with E-state index in [0.717, 1.165) is 5.56 Å². The summed E-state index contributed by atoms with van der Waals surface area (Å²) >= 11 is 0. The van der Waals surface area contributed by atoms with Crippen LogP contribution in [0, 0.1) is 0 Å². The fourth-order valence-electron chi connectivity index (χ4n) is 3.07. The second-order valence-corrected chi connectivity index (χ2v) is 9.38. The molecule has 0 radical (unpaired) electrons. The highest BCUT2D eigenvalue weighted by molar-refractivity contribution is 7.91. The number of hydrogen-bond donors (Lipinski definition) is 1. The van der Waals surface area contributed by atoms with E-state index < -0.39 is 9.84 Å². The van der Waals surface area contributed by atoms with Crippen LogP contribution >= 0.6 is 0 Å². The number of sulfone groups is 1. The van der Waals surface area contributed by atoms with Crippen molar-refractivity contribution < 1.29 is 17.7 Å². The van der Waals surface area contributed by atoms with E-state index in [2.05, 4.69) is 10.5 Å². The molecule has 0 saturated carbocycles. The number of carbonyl (C=O) groups excluding carboxylic acids is 1. The highest BCUT2D eigenvalue weighted by atomic mass is 32.2. The monoisotopic (exact) mass is 427 g/mol. The number of nitrogens with zero attached hydrogens (tertiary/aromatic N) is 2. The molecule has 158 valence electrons. The first-order valence-electron chi connectivity index (χ1n) is 9.61. The van der Waals surface area contributed by atoms with Crippen molar-refractivity contribution in [1.82, 2.24) is 15.4 Å². The lowest BCUT2D eigenvalue weighted by atomic mass is 10.1. The van der Waals surface area contributed by atoms with Gasteiger partial charge in [-0.05, 0) is 43.9 Å². The second-order valence-electron chi connectivity index (χ2n) is 7.10. The van der Waals surface area contributed by atoms with Crippen LogP contribution in [0.15, 0.2) is 70.1 Å². The molecule has 1 atom stereocenters. The molecule has 1 N–H and O–H groups in total. The summed E-state index contributed by atoms with van der Waals surface area (Å²) in [7, 11) is 0.652. The fourth-order valence-corrected chi connectivity index (χ4v) is 3.95. The standard InChI is InChI=1S/C22H25N3O4S/c1-4-30(27,28)18-12-10-17(11-13-18)21-14-19(24-29-21)22(26)23-15-20(25(2)3)16-8-6-5-7-9-16/h5-14,20H,4,15H2,1-3H3,(H,23,26). The van der Waals surface area contributed by atoms with Crippen molar-refractivity contribution in [1.29, 1.82) is 0 Å². The predicted molar refractivity (Wildman–Crippen MR) is 115 cm³/mol. The van der Waals surface area contributed by atoms with Crippen LogP contribution < -0.4 is 5.32 Å². The van der Waals surface area contributed by atoms with Crippen LogP contribution in [0.25, 0.3) is 11.3 Å². The molecular weight excluding hydrogens is 402 g/mol. The van der Waals surface area contributed by atoms with Crippen LogP contribution in [-0.4, -0.2) is 50.8 Å². The third-order valence-electron chi connectivity index (χ3n) is 4.88. The van der Waals surface area contributed by atoms with Crippen molar-refractivity contribution in [3.05, 3.63) is 71.9 Å². The average Bonchev–Trinajstić information content (AvgIpc) is 3.25. The Bertz CT molecular complexity index is 1090. The Labute approximate surface area is 176 Å². The molecular formula is C22H25N3O4S. The van der Waals surface area contributed by atoms with Crippen molar-refractivity contribution in [2.24, 2.45) is 0 Å². The Morgan fingerprint density at radius 1 is 1.10 bits per heavy atom. The Balaban J connectivity index is 1.69. The van der Waals surface area contributed by atoms with Crippen molar-refractivity contribution in [2.45, 2.75) is 17.9 Å². The highest BCUT2D eigenvalue weighted by Gasteiger charge is 2.19. The van der Waals surface area contributed by atoms with E-state index in [1.165, 1.54) is 12.1 Å². The van der Waals surface area contributed by atoms with Crippen molar-refractivity contribution >= 4 is 15.7 Å². The van der Waals surface area contributed by atoms with Gasteiger partial charge >= 0.3 is 0 Å². The molecule has 8 heteroatoms. The third-order valence-corrected chi connectivity index (χ3v) is 6.63. The topological polar surface area (TPSA) is 92.5 Å². The van der Waals surface area contributed by atoms with Gasteiger partial charge in [0.15, 0.2) is 21.3 Å². The molecule has 3 rings (SSSR count). The molecule has 1 amide bonds. The van der Waals surface area contributed by atoms with E-state index in [1.54, 1.807) is 25.1 Å². The fraction of sp³-hybridized carbons (Fsp3) is 0.273. The van der Waals surface area contributed by atoms with Gasteiger partial charge in [-0.15, -0.1) is 0 Å². The summed E-state index contributed by atoms with van der Waals surface area (Å²) in [6, 6.07) is 17.8. The molecule has 0 saturated heterocycles. The van der Waals surface area contributed by atoms with E-state index >= 15 is 0 Å². The van der Waals surface area contributed by atoms with Crippen LogP contribution in [0.3, 0.4) is 0 Å². The van der Waals surface area contributed by atoms with Gasteiger partial charge in [-0.25, -0.2) is 8.42 Å². The molecule has 3 aromatic rings. The number of benzene rings is 2. The van der Waals surface area contributed by atoms with Crippen molar-refractivity contribution in [2.75, 3.05) is 26.4 Å². The molecule has 1 aromatic heterocycles. The smallest absolute Gasteiger partial charge is 0.273 e. The predicted octanol–water partition coefficient (Wildman–Crippen LogP) is 3.17. The lowest BCUT2D eigenvalue weighted by Gasteiger charge is -2.24. The molecule has 1 heterocycles. The lowest BCUT2D eigenvalue weighted by molar-refractivity contribution is 0.0933. The molecule has 0 aliphatic rings. The molecule has 2 aromatic carbocycles. The number of hydrogen-bond acceptors (Lipinski definition) is 6. The quantitative estimate of drug-likeness (QED) is 0.594. The first-order chi connectivity index (χ1) is 14.3. The number of rotatable bonds is 8. The lowest BCUT2D eigenvalue weighted by Crippen LogP contribution is -2.34. The molecule has 7 nitrogen and oxygen atoms in total. The van der Waals surface area contributed by atoms with Crippen molar-refractivity contribution in [3.63, 3.8) is 0 Å². The number of carbonyl (C=O) groups is 1. The number of aromatic nitrogens is 1. The molecule has 0 fully saturated rings. The summed E-state index contributed by atoms with van der Waals surface area (Å²) < 4.78 is 29.1. The zero-order valence-corrected chi connectivity index (χ0v) is 18.0. The molecule has 0 aliphatic heterocycles. The summed E-state index contributed by atoms with van der Waals surface area (Å²) in [5.74, 6) is 0.0985. The van der Waals surface area contributed by atoms with E-state index in [0.29, 0.717) is 17.9 Å². The maximum absolute atomic E-state index is 12.5. The number of likely N-dealkylation sites (N-methyl/N-ethyl adjacent to an activating group) is 1. The zero-order chi connectivity index (χ0) is 21.7. The zero-order valence-electron chi connectivity index (χ0n) is 17.2. The highest BCUT2D eigenvalue weighted by Crippen LogP contribution is 2.23. The molecule has 0 bridgehead atoms. The minimum Gasteiger partial charge on any atom is -0.355 e. The second kappa shape index (κ2) is 9.23. The molecule has 30 heavy (non-hydrogen) atoms. The minimum absolute atomic E-state index is 0.0228. The minimum atomic E-state index is -3.27. The Hall–Kier alpha value is -2.97. The number of amides is 1. The molecule has 0 spiro atoms. The van der Waals surface area contributed by atoms with Gasteiger partial charge < -0.3 is 14.7 Å². The Kier molecular flexibility index (Phi) is 6.69. The largest absolute Gasteiger partial charge is 0.355 e. The summed E-state index contributed by atoms with van der Waals surface area (Å²) in [6.07, 6.45) is 0. The summed E-state index contributed by atoms with van der Waals surface area (Å²) in [5, 5.41) is 6.75. The van der Waals surface area contributed by atoms with E-state index in [4.69, 9.17) is 4.52 Å². The normalized spacial score (nSPS) is 12.7. The van der Waals surface area contributed by atoms with Gasteiger partial charge in [0.1, 0.15) is 0 Å². The van der Waals surface area contributed by atoms with Gasteiger partial charge in [0.2, 0.25) is 0 Å². The maximum atomic E-state index is 12.5. The van der Waals surface area contributed by atoms with Gasteiger partial charge in [0.25, 0.3) is 5.91 Å². The van der Waals surface area contributed by atoms with Gasteiger partial charge in [-0.1, -0.05) is 42.4 Å². The summed E-state index contributed by atoms with van der Waals surface area (Å²) in [4.78, 5) is 14.8. The molecule has 1 unspecified atom stereocenters. The number of nitrogens with one attached hydrogen (secondary N) is 1. The Morgan fingerprint density at radius 3 is 2.37 bits per heavy atom. The average molecular weight is 428 g/mol. The van der Waals surface area contributed by atoms with Crippen LogP contribution in [0.1, 0.15) is 29.0 Å². The van der Waals surface area contributed by atoms with Crippen molar-refractivity contribution in [3.8, 4) is 11.3 Å². The van der Waals surface area contributed by atoms with Crippen LogP contribution in [0.4, 0.5) is 0 Å². The molecule has 0 aliphatic carbocycles.